The molecular formula is C25H27ClN2O2S. The van der Waals surface area contributed by atoms with Crippen molar-refractivity contribution in [3.8, 4) is 0 Å². The Hall–Kier alpha value is -2.18. The second-order valence-electron chi connectivity index (χ2n) is 7.91. The number of piperazine rings is 1. The van der Waals surface area contributed by atoms with Crippen LogP contribution in [0.2, 0.25) is 5.02 Å². The molecule has 2 heterocycles. The maximum atomic E-state index is 12.6. The number of halogens is 1. The molecule has 1 aliphatic rings. The van der Waals surface area contributed by atoms with E-state index in [4.69, 9.17) is 16.3 Å². The Morgan fingerprint density at radius 2 is 1.84 bits per heavy atom. The summed E-state index contributed by atoms with van der Waals surface area (Å²) in [6.07, 6.45) is -0.0580. The minimum atomic E-state index is -0.0580. The summed E-state index contributed by atoms with van der Waals surface area (Å²) >= 11 is 7.60. The zero-order chi connectivity index (χ0) is 21.6. The van der Waals surface area contributed by atoms with E-state index in [1.165, 1.54) is 22.5 Å². The average molecular weight is 455 g/mol. The largest absolute Gasteiger partial charge is 0.368 e. The minimum Gasteiger partial charge on any atom is -0.368 e. The Morgan fingerprint density at radius 1 is 1.06 bits per heavy atom. The molecule has 1 fully saturated rings. The fraction of sp³-hybridized carbons (Fsp3) is 0.320. The quantitative estimate of drug-likeness (QED) is 0.477. The van der Waals surface area contributed by atoms with Crippen molar-refractivity contribution >= 4 is 28.8 Å². The van der Waals surface area contributed by atoms with Crippen LogP contribution in [0.25, 0.3) is 0 Å². The molecule has 1 amide bonds. The minimum absolute atomic E-state index is 0.0580. The SMILES string of the molecule is Cc1cccc(COC(CN2CCN(C(=O)c3cccs3)CC2)c2ccc(Cl)cc2)c1. The van der Waals surface area contributed by atoms with Gasteiger partial charge in [0.15, 0.2) is 0 Å². The van der Waals surface area contributed by atoms with Crippen molar-refractivity contribution in [3.05, 3.63) is 92.6 Å². The number of ether oxygens (including phenoxy) is 1. The highest BCUT2D eigenvalue weighted by Gasteiger charge is 2.25. The van der Waals surface area contributed by atoms with Gasteiger partial charge in [-0.25, -0.2) is 0 Å². The molecule has 0 N–H and O–H groups in total. The maximum absolute atomic E-state index is 12.6. The van der Waals surface area contributed by atoms with Gasteiger partial charge >= 0.3 is 0 Å². The predicted octanol–water partition coefficient (Wildman–Crippen LogP) is 5.43. The van der Waals surface area contributed by atoms with Crippen LogP contribution in [-0.2, 0) is 11.3 Å². The third kappa shape index (κ3) is 5.95. The maximum Gasteiger partial charge on any atom is 0.264 e. The lowest BCUT2D eigenvalue weighted by molar-refractivity contribution is 0.00346. The van der Waals surface area contributed by atoms with Gasteiger partial charge in [-0.3, -0.25) is 9.69 Å². The summed E-state index contributed by atoms with van der Waals surface area (Å²) in [6, 6.07) is 20.2. The Labute approximate surface area is 193 Å². The van der Waals surface area contributed by atoms with Crippen LogP contribution in [0.4, 0.5) is 0 Å². The lowest BCUT2D eigenvalue weighted by Crippen LogP contribution is -2.49. The Kier molecular flexibility index (Phi) is 7.41. The molecule has 0 saturated carbocycles. The number of amides is 1. The number of aryl methyl sites for hydroxylation is 1. The van der Waals surface area contributed by atoms with Crippen molar-refractivity contribution in [1.29, 1.82) is 0 Å². The van der Waals surface area contributed by atoms with E-state index in [0.717, 1.165) is 48.2 Å². The van der Waals surface area contributed by atoms with E-state index in [1.807, 2.05) is 46.7 Å². The van der Waals surface area contributed by atoms with Crippen LogP contribution < -0.4 is 0 Å². The number of carbonyl (C=O) groups excluding carboxylic acids is 1. The van der Waals surface area contributed by atoms with Crippen LogP contribution in [0.3, 0.4) is 0 Å². The first kappa shape index (κ1) is 22.0. The molecule has 162 valence electrons. The van der Waals surface area contributed by atoms with Gasteiger partial charge in [-0.2, -0.15) is 0 Å². The van der Waals surface area contributed by atoms with Gasteiger partial charge in [-0.05, 0) is 41.6 Å². The second kappa shape index (κ2) is 10.4. The molecule has 0 bridgehead atoms. The van der Waals surface area contributed by atoms with Gasteiger partial charge in [0.2, 0.25) is 0 Å². The van der Waals surface area contributed by atoms with E-state index in [1.54, 1.807) is 0 Å². The molecule has 1 atom stereocenters. The highest BCUT2D eigenvalue weighted by atomic mass is 35.5. The van der Waals surface area contributed by atoms with Crippen LogP contribution in [-0.4, -0.2) is 48.4 Å². The number of hydrogen-bond acceptors (Lipinski definition) is 4. The monoisotopic (exact) mass is 454 g/mol. The number of thiophene rings is 1. The molecule has 3 aromatic rings. The summed E-state index contributed by atoms with van der Waals surface area (Å²) in [5.74, 6) is 0.139. The molecule has 0 radical (unpaired) electrons. The summed E-state index contributed by atoms with van der Waals surface area (Å²) in [6.45, 7) is 6.60. The average Bonchev–Trinajstić information content (AvgIpc) is 3.32. The number of carbonyl (C=O) groups is 1. The molecule has 4 nitrogen and oxygen atoms in total. The van der Waals surface area contributed by atoms with Crippen molar-refractivity contribution in [2.75, 3.05) is 32.7 Å². The lowest BCUT2D eigenvalue weighted by atomic mass is 10.1. The molecule has 1 aliphatic heterocycles. The summed E-state index contributed by atoms with van der Waals surface area (Å²) in [5, 5.41) is 2.67. The van der Waals surface area contributed by atoms with Crippen LogP contribution in [0.15, 0.2) is 66.0 Å². The van der Waals surface area contributed by atoms with Crippen molar-refractivity contribution in [2.24, 2.45) is 0 Å². The zero-order valence-electron chi connectivity index (χ0n) is 17.7. The Balaban J connectivity index is 1.39. The fourth-order valence-corrected chi connectivity index (χ4v) is 4.67. The standard InChI is InChI=1S/C25H27ClN2O2S/c1-19-4-2-5-20(16-19)18-30-23(21-7-9-22(26)10-8-21)17-27-11-13-28(14-12-27)25(29)24-6-3-15-31-24/h2-10,15-16,23H,11-14,17-18H2,1H3. The van der Waals surface area contributed by atoms with Crippen LogP contribution in [0.5, 0.6) is 0 Å². The van der Waals surface area contributed by atoms with E-state index in [2.05, 4.69) is 36.1 Å². The van der Waals surface area contributed by atoms with Crippen LogP contribution in [0.1, 0.15) is 32.5 Å². The summed E-state index contributed by atoms with van der Waals surface area (Å²) in [4.78, 5) is 17.8. The van der Waals surface area contributed by atoms with E-state index in [-0.39, 0.29) is 12.0 Å². The molecule has 31 heavy (non-hydrogen) atoms. The van der Waals surface area contributed by atoms with Gasteiger partial charge in [0, 0.05) is 37.7 Å². The molecule has 1 saturated heterocycles. The number of hydrogen-bond donors (Lipinski definition) is 0. The van der Waals surface area contributed by atoms with E-state index in [9.17, 15) is 4.79 Å². The first-order chi connectivity index (χ1) is 15.1. The second-order valence-corrected chi connectivity index (χ2v) is 9.29. The topological polar surface area (TPSA) is 32.8 Å². The van der Waals surface area contributed by atoms with E-state index < -0.39 is 0 Å². The zero-order valence-corrected chi connectivity index (χ0v) is 19.2. The normalized spacial score (nSPS) is 15.7. The summed E-state index contributed by atoms with van der Waals surface area (Å²) in [7, 11) is 0. The molecule has 6 heteroatoms. The Bertz CT molecular complexity index is 983. The molecule has 0 spiro atoms. The molecule has 2 aromatic carbocycles. The first-order valence-corrected chi connectivity index (χ1v) is 11.8. The Morgan fingerprint density at radius 3 is 2.52 bits per heavy atom. The van der Waals surface area contributed by atoms with Crippen molar-refractivity contribution < 1.29 is 9.53 Å². The molecule has 0 aliphatic carbocycles. The molecule has 4 rings (SSSR count). The highest BCUT2D eigenvalue weighted by molar-refractivity contribution is 7.12. The van der Waals surface area contributed by atoms with Gasteiger partial charge in [-0.1, -0.05) is 59.6 Å². The fourth-order valence-electron chi connectivity index (χ4n) is 3.85. The third-order valence-corrected chi connectivity index (χ3v) is 6.70. The van der Waals surface area contributed by atoms with Crippen molar-refractivity contribution in [1.82, 2.24) is 9.80 Å². The summed E-state index contributed by atoms with van der Waals surface area (Å²) < 4.78 is 6.38. The molecule has 1 unspecified atom stereocenters. The predicted molar refractivity (Wildman–Crippen MR) is 127 cm³/mol. The summed E-state index contributed by atoms with van der Waals surface area (Å²) in [5.41, 5.74) is 3.52. The van der Waals surface area contributed by atoms with Crippen LogP contribution in [0, 0.1) is 6.92 Å². The van der Waals surface area contributed by atoms with Gasteiger partial charge in [0.25, 0.3) is 5.91 Å². The van der Waals surface area contributed by atoms with Crippen molar-refractivity contribution in [3.63, 3.8) is 0 Å². The lowest BCUT2D eigenvalue weighted by Gasteiger charge is -2.36. The van der Waals surface area contributed by atoms with Crippen LogP contribution >= 0.6 is 22.9 Å². The van der Waals surface area contributed by atoms with Gasteiger partial charge < -0.3 is 9.64 Å². The smallest absolute Gasteiger partial charge is 0.264 e. The van der Waals surface area contributed by atoms with Gasteiger partial charge in [0.05, 0.1) is 17.6 Å². The van der Waals surface area contributed by atoms with E-state index >= 15 is 0 Å². The van der Waals surface area contributed by atoms with E-state index in [0.29, 0.717) is 6.61 Å². The highest BCUT2D eigenvalue weighted by Crippen LogP contribution is 2.24. The van der Waals surface area contributed by atoms with Gasteiger partial charge in [0.1, 0.15) is 0 Å². The first-order valence-electron chi connectivity index (χ1n) is 10.6. The molecule has 1 aromatic heterocycles. The number of benzene rings is 2. The number of nitrogens with zero attached hydrogens (tertiary/aromatic N) is 2. The van der Waals surface area contributed by atoms with Crippen molar-refractivity contribution in [2.45, 2.75) is 19.6 Å². The number of rotatable bonds is 7. The third-order valence-electron chi connectivity index (χ3n) is 5.59. The molecular weight excluding hydrogens is 428 g/mol. The van der Waals surface area contributed by atoms with Gasteiger partial charge in [-0.15, -0.1) is 11.3 Å².